The standard InChI is InChI=1S/C16H15ClO4/c17-13-8-11(9-15-16(13)21-6-5-20-15)14(19)7-10-1-3-12(18)4-2-10/h1-4,8-9,14,18-19H,5-7H2. The predicted molar refractivity (Wildman–Crippen MR) is 79.2 cm³/mol. The van der Waals surface area contributed by atoms with E-state index in [0.717, 1.165) is 5.56 Å². The van der Waals surface area contributed by atoms with Crippen LogP contribution in [0.25, 0.3) is 0 Å². The van der Waals surface area contributed by atoms with E-state index in [1.165, 1.54) is 0 Å². The molecule has 0 radical (unpaired) electrons. The molecule has 21 heavy (non-hydrogen) atoms. The first-order chi connectivity index (χ1) is 10.1. The van der Waals surface area contributed by atoms with E-state index in [1.807, 2.05) is 0 Å². The number of ether oxygens (including phenoxy) is 2. The highest BCUT2D eigenvalue weighted by atomic mass is 35.5. The topological polar surface area (TPSA) is 58.9 Å². The number of rotatable bonds is 3. The SMILES string of the molecule is Oc1ccc(CC(O)c2cc(Cl)c3c(c2)OCCO3)cc1. The summed E-state index contributed by atoms with van der Waals surface area (Å²) in [5, 5.41) is 20.1. The molecule has 0 aliphatic carbocycles. The number of benzene rings is 2. The molecule has 1 aliphatic rings. The minimum absolute atomic E-state index is 0.204. The minimum atomic E-state index is -0.706. The molecule has 4 nitrogen and oxygen atoms in total. The van der Waals surface area contributed by atoms with Crippen LogP contribution < -0.4 is 9.47 Å². The third-order valence-electron chi connectivity index (χ3n) is 3.37. The summed E-state index contributed by atoms with van der Waals surface area (Å²) in [7, 11) is 0. The molecule has 2 N–H and O–H groups in total. The van der Waals surface area contributed by atoms with Crippen LogP contribution in [0, 0.1) is 0 Å². The largest absolute Gasteiger partial charge is 0.508 e. The van der Waals surface area contributed by atoms with Crippen molar-refractivity contribution in [2.45, 2.75) is 12.5 Å². The van der Waals surface area contributed by atoms with Gasteiger partial charge in [-0.15, -0.1) is 0 Å². The Balaban J connectivity index is 1.82. The summed E-state index contributed by atoms with van der Waals surface area (Å²) in [6, 6.07) is 10.2. The van der Waals surface area contributed by atoms with Gasteiger partial charge in [-0.05, 0) is 35.4 Å². The monoisotopic (exact) mass is 306 g/mol. The number of fused-ring (bicyclic) bond motifs is 1. The molecule has 2 aromatic carbocycles. The summed E-state index contributed by atoms with van der Waals surface area (Å²) in [5.74, 6) is 1.30. The Hall–Kier alpha value is -1.91. The smallest absolute Gasteiger partial charge is 0.179 e. The number of aliphatic hydroxyl groups excluding tert-OH is 1. The van der Waals surface area contributed by atoms with Crippen LogP contribution in [-0.4, -0.2) is 23.4 Å². The Morgan fingerprint density at radius 1 is 1.10 bits per heavy atom. The zero-order valence-corrected chi connectivity index (χ0v) is 12.0. The minimum Gasteiger partial charge on any atom is -0.508 e. The maximum Gasteiger partial charge on any atom is 0.179 e. The van der Waals surface area contributed by atoms with Gasteiger partial charge in [0.1, 0.15) is 19.0 Å². The van der Waals surface area contributed by atoms with Crippen molar-refractivity contribution in [2.24, 2.45) is 0 Å². The first kappa shape index (κ1) is 14.0. The van der Waals surface area contributed by atoms with Crippen molar-refractivity contribution in [3.05, 3.63) is 52.5 Å². The second-order valence-electron chi connectivity index (χ2n) is 4.91. The fourth-order valence-electron chi connectivity index (χ4n) is 2.30. The summed E-state index contributed by atoms with van der Waals surface area (Å²) in [5.41, 5.74) is 1.60. The summed E-state index contributed by atoms with van der Waals surface area (Å²) in [6.45, 7) is 0.947. The molecule has 0 spiro atoms. The van der Waals surface area contributed by atoms with Crippen LogP contribution in [0.4, 0.5) is 0 Å². The molecule has 0 saturated heterocycles. The van der Waals surface area contributed by atoms with Crippen LogP contribution >= 0.6 is 11.6 Å². The fourth-order valence-corrected chi connectivity index (χ4v) is 2.57. The van der Waals surface area contributed by atoms with Crippen molar-refractivity contribution < 1.29 is 19.7 Å². The molecule has 0 bridgehead atoms. The zero-order chi connectivity index (χ0) is 14.8. The maximum absolute atomic E-state index is 10.4. The first-order valence-electron chi connectivity index (χ1n) is 6.68. The Morgan fingerprint density at radius 3 is 2.57 bits per heavy atom. The normalized spacial score (nSPS) is 14.8. The first-order valence-corrected chi connectivity index (χ1v) is 7.06. The van der Waals surface area contributed by atoms with Gasteiger partial charge in [0.25, 0.3) is 0 Å². The van der Waals surface area contributed by atoms with Crippen molar-refractivity contribution >= 4 is 11.6 Å². The molecule has 0 fully saturated rings. The average Bonchev–Trinajstić information content (AvgIpc) is 2.49. The van der Waals surface area contributed by atoms with Gasteiger partial charge in [-0.2, -0.15) is 0 Å². The Kier molecular flexibility index (Phi) is 3.90. The summed E-state index contributed by atoms with van der Waals surface area (Å²) >= 11 is 6.17. The van der Waals surface area contributed by atoms with Crippen LogP contribution in [0.3, 0.4) is 0 Å². The number of phenolic OH excluding ortho intramolecular Hbond substituents is 1. The van der Waals surface area contributed by atoms with Gasteiger partial charge >= 0.3 is 0 Å². The molecular formula is C16H15ClO4. The van der Waals surface area contributed by atoms with E-state index in [0.29, 0.717) is 41.7 Å². The third kappa shape index (κ3) is 3.06. The summed E-state index contributed by atoms with van der Waals surface area (Å²) in [6.07, 6.45) is -0.279. The van der Waals surface area contributed by atoms with E-state index >= 15 is 0 Å². The van der Waals surface area contributed by atoms with Gasteiger partial charge < -0.3 is 19.7 Å². The maximum atomic E-state index is 10.4. The van der Waals surface area contributed by atoms with Crippen LogP contribution in [0.15, 0.2) is 36.4 Å². The highest BCUT2D eigenvalue weighted by Crippen LogP contribution is 2.40. The molecule has 0 amide bonds. The van der Waals surface area contributed by atoms with E-state index in [2.05, 4.69) is 0 Å². The van der Waals surface area contributed by atoms with Crippen molar-refractivity contribution in [2.75, 3.05) is 13.2 Å². The zero-order valence-electron chi connectivity index (χ0n) is 11.3. The predicted octanol–water partition coefficient (Wildman–Crippen LogP) is 3.09. The second kappa shape index (κ2) is 5.84. The van der Waals surface area contributed by atoms with Crippen molar-refractivity contribution in [3.8, 4) is 17.2 Å². The molecule has 3 rings (SSSR count). The third-order valence-corrected chi connectivity index (χ3v) is 3.65. The van der Waals surface area contributed by atoms with E-state index in [1.54, 1.807) is 36.4 Å². The summed E-state index contributed by atoms with van der Waals surface area (Å²) < 4.78 is 11.0. The molecule has 0 aromatic heterocycles. The van der Waals surface area contributed by atoms with E-state index in [-0.39, 0.29) is 5.75 Å². The lowest BCUT2D eigenvalue weighted by atomic mass is 10.0. The lowest BCUT2D eigenvalue weighted by Crippen LogP contribution is -2.16. The number of halogens is 1. The number of aliphatic hydroxyl groups is 1. The molecule has 5 heteroatoms. The second-order valence-corrected chi connectivity index (χ2v) is 5.32. The molecule has 1 heterocycles. The fraction of sp³-hybridized carbons (Fsp3) is 0.250. The lowest BCUT2D eigenvalue weighted by Gasteiger charge is -2.21. The van der Waals surface area contributed by atoms with Gasteiger partial charge in [-0.25, -0.2) is 0 Å². The molecule has 2 aromatic rings. The molecule has 1 aliphatic heterocycles. The van der Waals surface area contributed by atoms with E-state index < -0.39 is 6.10 Å². The number of hydrogen-bond donors (Lipinski definition) is 2. The Morgan fingerprint density at radius 2 is 1.81 bits per heavy atom. The van der Waals surface area contributed by atoms with Gasteiger partial charge in [-0.1, -0.05) is 23.7 Å². The molecule has 1 atom stereocenters. The number of phenols is 1. The number of aromatic hydroxyl groups is 1. The highest BCUT2D eigenvalue weighted by Gasteiger charge is 2.19. The van der Waals surface area contributed by atoms with Crippen LogP contribution in [0.2, 0.25) is 5.02 Å². The number of hydrogen-bond acceptors (Lipinski definition) is 4. The van der Waals surface area contributed by atoms with Crippen molar-refractivity contribution in [1.29, 1.82) is 0 Å². The molecule has 110 valence electrons. The molecule has 1 unspecified atom stereocenters. The van der Waals surface area contributed by atoms with Gasteiger partial charge in [0, 0.05) is 6.42 Å². The van der Waals surface area contributed by atoms with E-state index in [9.17, 15) is 10.2 Å². The lowest BCUT2D eigenvalue weighted by molar-refractivity contribution is 0.164. The quantitative estimate of drug-likeness (QED) is 0.915. The van der Waals surface area contributed by atoms with Gasteiger partial charge in [-0.3, -0.25) is 0 Å². The van der Waals surface area contributed by atoms with Gasteiger partial charge in [0.15, 0.2) is 11.5 Å². The van der Waals surface area contributed by atoms with Crippen LogP contribution in [-0.2, 0) is 6.42 Å². The van der Waals surface area contributed by atoms with E-state index in [4.69, 9.17) is 21.1 Å². The molecular weight excluding hydrogens is 292 g/mol. The van der Waals surface area contributed by atoms with Crippen molar-refractivity contribution in [1.82, 2.24) is 0 Å². The summed E-state index contributed by atoms with van der Waals surface area (Å²) in [4.78, 5) is 0. The van der Waals surface area contributed by atoms with Crippen LogP contribution in [0.5, 0.6) is 17.2 Å². The highest BCUT2D eigenvalue weighted by molar-refractivity contribution is 6.32. The Labute approximate surface area is 127 Å². The molecule has 0 saturated carbocycles. The van der Waals surface area contributed by atoms with Crippen molar-refractivity contribution in [3.63, 3.8) is 0 Å². The van der Waals surface area contributed by atoms with Gasteiger partial charge in [0.05, 0.1) is 11.1 Å². The van der Waals surface area contributed by atoms with Crippen LogP contribution in [0.1, 0.15) is 17.2 Å². The van der Waals surface area contributed by atoms with Gasteiger partial charge in [0.2, 0.25) is 0 Å². The average molecular weight is 307 g/mol. The Bertz CT molecular complexity index is 639.